The Morgan fingerprint density at radius 2 is 1.12 bits per heavy atom. The normalized spacial score (nSPS) is 17.9. The van der Waals surface area contributed by atoms with Gasteiger partial charge >= 0.3 is 45.7 Å². The molecule has 26 heavy (non-hydrogen) atoms. The van der Waals surface area contributed by atoms with Crippen molar-refractivity contribution in [2.45, 2.75) is 35.6 Å². The van der Waals surface area contributed by atoms with Crippen LogP contribution in [0.1, 0.15) is 0 Å². The van der Waals surface area contributed by atoms with E-state index in [0.29, 0.717) is 0 Å². The lowest BCUT2D eigenvalue weighted by Gasteiger charge is -2.37. The second kappa shape index (κ2) is 6.51. The van der Waals surface area contributed by atoms with Crippen LogP contribution in [0.4, 0.5) is 57.1 Å². The van der Waals surface area contributed by atoms with Crippen molar-refractivity contribution in [1.29, 1.82) is 0 Å². The van der Waals surface area contributed by atoms with Crippen LogP contribution in [0.15, 0.2) is 0 Å². The molecule has 1 atom stereocenters. The van der Waals surface area contributed by atoms with Crippen LogP contribution in [0.5, 0.6) is 0 Å². The summed E-state index contributed by atoms with van der Waals surface area (Å²) in [5.74, 6) is -7.56. The van der Waals surface area contributed by atoms with E-state index in [4.69, 9.17) is 4.55 Å². The van der Waals surface area contributed by atoms with E-state index in [1.165, 1.54) is 4.74 Å². The second-order valence-corrected chi connectivity index (χ2v) is 5.56. The molecule has 0 aromatic carbocycles. The molecule has 0 aromatic rings. The molecule has 0 rings (SSSR count). The van der Waals surface area contributed by atoms with Gasteiger partial charge in [0.15, 0.2) is 6.67 Å². The first-order valence-corrected chi connectivity index (χ1v) is 6.62. The van der Waals surface area contributed by atoms with Gasteiger partial charge in [0.2, 0.25) is 0 Å². The first-order chi connectivity index (χ1) is 11.0. The summed E-state index contributed by atoms with van der Waals surface area (Å²) in [6, 6.07) is 0. The fourth-order valence-corrected chi connectivity index (χ4v) is 1.29. The van der Waals surface area contributed by atoms with Gasteiger partial charge in [-0.05, 0) is 0 Å². The van der Waals surface area contributed by atoms with Gasteiger partial charge < -0.3 is 0 Å². The zero-order valence-corrected chi connectivity index (χ0v) is 11.9. The average molecular weight is 446 g/mol. The van der Waals surface area contributed by atoms with Crippen LogP contribution in [-0.2, 0) is 19.6 Å². The summed E-state index contributed by atoms with van der Waals surface area (Å²) >= 11 is 0. The van der Waals surface area contributed by atoms with Gasteiger partial charge in [-0.2, -0.15) is 61.1 Å². The molecule has 5 nitrogen and oxygen atoms in total. The minimum absolute atomic E-state index is 1.49. The molecule has 0 aliphatic rings. The van der Waals surface area contributed by atoms with E-state index < -0.39 is 52.4 Å². The summed E-state index contributed by atoms with van der Waals surface area (Å²) in [7, 11) is -7.40. The Morgan fingerprint density at radius 1 is 0.731 bits per heavy atom. The van der Waals surface area contributed by atoms with Gasteiger partial charge in [0.05, 0.1) is 0 Å². The van der Waals surface area contributed by atoms with Gasteiger partial charge in [-0.25, -0.2) is 9.13 Å². The third-order valence-electron chi connectivity index (χ3n) is 2.10. The third-order valence-corrected chi connectivity index (χ3v) is 2.99. The summed E-state index contributed by atoms with van der Waals surface area (Å²) in [4.78, 5) is 0. The van der Waals surface area contributed by atoms with Crippen molar-refractivity contribution in [2.75, 3.05) is 6.67 Å². The fourth-order valence-electron chi connectivity index (χ4n) is 0.949. The quantitative estimate of drug-likeness (QED) is 0.457. The minimum Gasteiger partial charge on any atom is -0.281 e. The highest BCUT2D eigenvalue weighted by molar-refractivity contribution is 7.86. The zero-order valence-electron chi connectivity index (χ0n) is 11.1. The topological polar surface area (TPSA) is 72.8 Å². The van der Waals surface area contributed by atoms with Crippen LogP contribution in [0.3, 0.4) is 0 Å². The number of ether oxygens (including phenoxy) is 2. The molecule has 1 N–H and O–H groups in total. The molecule has 0 amide bonds. The lowest BCUT2D eigenvalue weighted by molar-refractivity contribution is -0.535. The molecular weight excluding hydrogens is 443 g/mol. The van der Waals surface area contributed by atoms with Crippen LogP contribution in [0.2, 0.25) is 0 Å². The van der Waals surface area contributed by atoms with Gasteiger partial charge in [0.25, 0.3) is 0 Å². The predicted octanol–water partition coefficient (Wildman–Crippen LogP) is 3.48. The van der Waals surface area contributed by atoms with E-state index in [9.17, 15) is 65.5 Å². The molecule has 0 spiro atoms. The van der Waals surface area contributed by atoms with Crippen molar-refractivity contribution in [2.24, 2.45) is 0 Å². The van der Waals surface area contributed by atoms with E-state index in [2.05, 4.69) is 0 Å². The Hall–Kier alpha value is -1.08. The number of rotatable bonds is 8. The average Bonchev–Trinajstić information content (AvgIpc) is 2.33. The van der Waals surface area contributed by atoms with E-state index >= 15 is 0 Å². The minimum atomic E-state index is -7.56. The summed E-state index contributed by atoms with van der Waals surface area (Å²) < 4.78 is 195. The molecule has 0 saturated heterocycles. The van der Waals surface area contributed by atoms with E-state index in [1.807, 2.05) is 0 Å². The largest absolute Gasteiger partial charge is 0.460 e. The van der Waals surface area contributed by atoms with Crippen molar-refractivity contribution < 1.29 is 79.5 Å². The molecule has 0 aliphatic carbocycles. The molecule has 0 aromatic heterocycles. The van der Waals surface area contributed by atoms with Crippen LogP contribution in [0.25, 0.3) is 0 Å². The fraction of sp³-hybridized carbons (Fsp3) is 1.00. The zero-order chi connectivity index (χ0) is 21.6. The first-order valence-electron chi connectivity index (χ1n) is 5.18. The molecule has 0 aliphatic heterocycles. The van der Waals surface area contributed by atoms with Crippen molar-refractivity contribution in [3.05, 3.63) is 0 Å². The first kappa shape index (κ1) is 24.9. The number of hydrogen-bond acceptors (Lipinski definition) is 4. The van der Waals surface area contributed by atoms with Gasteiger partial charge in [-0.1, -0.05) is 0 Å². The monoisotopic (exact) mass is 446 g/mol. The number of alkyl halides is 13. The highest BCUT2D eigenvalue weighted by Gasteiger charge is 2.82. The van der Waals surface area contributed by atoms with Crippen LogP contribution < -0.4 is 0 Å². The predicted molar refractivity (Wildman–Crippen MR) is 49.4 cm³/mol. The van der Waals surface area contributed by atoms with Crippen molar-refractivity contribution in [3.8, 4) is 0 Å². The standard InChI is InChI=1S/C7H3F13O5S/c8-1-2(9,10)24-5(15,16)3(11,4(12,13)14)25-6(17,18)7(19,20)26(21,22)23/h1H2,(H,21,22,23). The van der Waals surface area contributed by atoms with E-state index in [-0.39, 0.29) is 0 Å². The van der Waals surface area contributed by atoms with Gasteiger partial charge in [0.1, 0.15) is 0 Å². The van der Waals surface area contributed by atoms with Crippen molar-refractivity contribution in [3.63, 3.8) is 0 Å². The van der Waals surface area contributed by atoms with Crippen LogP contribution in [0, 0.1) is 0 Å². The molecule has 1 unspecified atom stereocenters. The lowest BCUT2D eigenvalue weighted by atomic mass is 10.2. The second-order valence-electron chi connectivity index (χ2n) is 4.09. The van der Waals surface area contributed by atoms with Crippen LogP contribution in [-0.4, -0.2) is 55.3 Å². The Labute approximate surface area is 133 Å². The molecule has 0 saturated carbocycles. The highest BCUT2D eigenvalue weighted by atomic mass is 32.2. The van der Waals surface area contributed by atoms with E-state index in [1.54, 1.807) is 4.74 Å². The molecule has 0 bridgehead atoms. The Kier molecular flexibility index (Phi) is 6.24. The summed E-state index contributed by atoms with van der Waals surface area (Å²) in [5.41, 5.74) is 0. The number of halogens is 13. The third kappa shape index (κ3) is 4.42. The molecule has 158 valence electrons. The Bertz CT molecular complexity index is 613. The number of hydrogen-bond donors (Lipinski definition) is 1. The molecule has 0 radical (unpaired) electrons. The maximum absolute atomic E-state index is 13.4. The molecule has 0 heterocycles. The van der Waals surface area contributed by atoms with E-state index in [0.717, 1.165) is 0 Å². The smallest absolute Gasteiger partial charge is 0.281 e. The van der Waals surface area contributed by atoms with Gasteiger partial charge in [-0.15, -0.1) is 0 Å². The Morgan fingerprint density at radius 3 is 1.38 bits per heavy atom. The molecule has 19 heteroatoms. The van der Waals surface area contributed by atoms with Gasteiger partial charge in [-0.3, -0.25) is 9.29 Å². The summed E-state index contributed by atoms with van der Waals surface area (Å²) in [6.45, 7) is -3.35. The van der Waals surface area contributed by atoms with Crippen LogP contribution >= 0.6 is 0 Å². The highest BCUT2D eigenvalue weighted by Crippen LogP contribution is 2.53. The van der Waals surface area contributed by atoms with Gasteiger partial charge in [0, 0.05) is 0 Å². The molecule has 0 fully saturated rings. The maximum Gasteiger partial charge on any atom is 0.460 e. The van der Waals surface area contributed by atoms with Crippen molar-refractivity contribution in [1.82, 2.24) is 0 Å². The Balaban J connectivity index is 6.31. The SMILES string of the molecule is O=S(=O)(O)C(F)(F)C(F)(F)OC(F)(C(F)(F)F)C(F)(F)OC(F)(F)CF. The summed E-state index contributed by atoms with van der Waals surface area (Å²) in [5, 5.41) is -7.17. The van der Waals surface area contributed by atoms with Crippen molar-refractivity contribution >= 4 is 10.1 Å². The summed E-state index contributed by atoms with van der Waals surface area (Å²) in [6.07, 6.45) is -28.2. The lowest BCUT2D eigenvalue weighted by Crippen LogP contribution is -2.65. The molecular formula is C7H3F13O5S. The maximum atomic E-state index is 13.4.